The highest BCUT2D eigenvalue weighted by Crippen LogP contribution is 2.29. The summed E-state index contributed by atoms with van der Waals surface area (Å²) in [4.78, 5) is 31.6. The zero-order chi connectivity index (χ0) is 15.0. The number of nitrogens with zero attached hydrogens (tertiary/aromatic N) is 4. The average molecular weight is 293 g/mol. The zero-order valence-corrected chi connectivity index (χ0v) is 12.2. The molecule has 0 aromatic carbocycles. The first-order valence-corrected chi connectivity index (χ1v) is 7.23. The number of aromatic nitrogens is 2. The third kappa shape index (κ3) is 2.84. The third-order valence-electron chi connectivity index (χ3n) is 3.81. The molecule has 2 aliphatic rings. The highest BCUT2D eigenvalue weighted by molar-refractivity contribution is 5.87. The van der Waals surface area contributed by atoms with Gasteiger partial charge >= 0.3 is 6.03 Å². The Kier molecular flexibility index (Phi) is 3.52. The summed E-state index contributed by atoms with van der Waals surface area (Å²) in [6, 6.07) is -0.238. The minimum absolute atomic E-state index is 0.0242. The van der Waals surface area contributed by atoms with Crippen molar-refractivity contribution in [2.75, 3.05) is 13.2 Å². The van der Waals surface area contributed by atoms with Crippen molar-refractivity contribution in [3.05, 3.63) is 11.7 Å². The van der Waals surface area contributed by atoms with Crippen LogP contribution in [0.4, 0.5) is 4.79 Å². The summed E-state index contributed by atoms with van der Waals surface area (Å²) in [7, 11) is 0. The summed E-state index contributed by atoms with van der Waals surface area (Å²) in [5, 5.41) is 6.70. The van der Waals surface area contributed by atoms with E-state index in [2.05, 4.69) is 15.5 Å². The van der Waals surface area contributed by atoms with Crippen LogP contribution >= 0.6 is 0 Å². The minimum atomic E-state index is -0.306. The molecule has 1 aliphatic heterocycles. The predicted octanol–water partition coefficient (Wildman–Crippen LogP) is 0.803. The molecule has 3 rings (SSSR count). The molecule has 0 bridgehead atoms. The Hall–Kier alpha value is -2.12. The average Bonchev–Trinajstić information content (AvgIpc) is 3.10. The molecule has 1 aromatic rings. The molecule has 1 atom stereocenters. The minimum Gasteiger partial charge on any atom is -0.340 e. The molecule has 8 nitrogen and oxygen atoms in total. The highest BCUT2D eigenvalue weighted by Gasteiger charge is 2.40. The lowest BCUT2D eigenvalue weighted by molar-refractivity contribution is -0.127. The summed E-state index contributed by atoms with van der Waals surface area (Å²) in [6.07, 6.45) is 2.74. The van der Waals surface area contributed by atoms with E-state index in [0.717, 1.165) is 12.8 Å². The third-order valence-corrected chi connectivity index (χ3v) is 3.81. The van der Waals surface area contributed by atoms with Gasteiger partial charge in [-0.05, 0) is 19.3 Å². The SMILES string of the molecule is CCC(NC(=O)N1CC(=O)N(C2CC2)C1)c1noc(C)n1. The van der Waals surface area contributed by atoms with Gasteiger partial charge in [0.1, 0.15) is 6.54 Å². The Morgan fingerprint density at radius 3 is 2.86 bits per heavy atom. The van der Waals surface area contributed by atoms with Crippen molar-refractivity contribution in [3.8, 4) is 0 Å². The van der Waals surface area contributed by atoms with Crippen LogP contribution in [0.25, 0.3) is 0 Å². The molecule has 2 fully saturated rings. The Balaban J connectivity index is 1.61. The van der Waals surface area contributed by atoms with E-state index in [1.807, 2.05) is 6.92 Å². The Bertz CT molecular complexity index is 554. The van der Waals surface area contributed by atoms with Gasteiger partial charge in [0.2, 0.25) is 11.8 Å². The van der Waals surface area contributed by atoms with E-state index in [1.54, 1.807) is 11.8 Å². The largest absolute Gasteiger partial charge is 0.340 e. The fraction of sp³-hybridized carbons (Fsp3) is 0.692. The second-order valence-corrected chi connectivity index (χ2v) is 5.52. The lowest BCUT2D eigenvalue weighted by Crippen LogP contribution is -2.41. The standard InChI is InChI=1S/C13H19N5O3/c1-3-10(12-14-8(2)21-16-12)15-13(20)17-6-11(19)18(7-17)9-4-5-9/h9-10H,3-7H2,1-2H3,(H,15,20). The molecule has 0 spiro atoms. The number of hydrogen-bond donors (Lipinski definition) is 1. The van der Waals surface area contributed by atoms with Crippen LogP contribution in [0.5, 0.6) is 0 Å². The van der Waals surface area contributed by atoms with Crippen LogP contribution in [-0.2, 0) is 4.79 Å². The van der Waals surface area contributed by atoms with E-state index >= 15 is 0 Å². The number of urea groups is 1. The molecular formula is C13H19N5O3. The van der Waals surface area contributed by atoms with Crippen LogP contribution in [-0.4, -0.2) is 51.1 Å². The van der Waals surface area contributed by atoms with Crippen molar-refractivity contribution in [2.45, 2.75) is 45.2 Å². The van der Waals surface area contributed by atoms with E-state index < -0.39 is 0 Å². The Morgan fingerprint density at radius 1 is 1.52 bits per heavy atom. The normalized spacial score (nSPS) is 20.0. The fourth-order valence-electron chi connectivity index (χ4n) is 2.45. The van der Waals surface area contributed by atoms with Crippen molar-refractivity contribution >= 4 is 11.9 Å². The smallest absolute Gasteiger partial charge is 0.319 e. The number of carbonyl (C=O) groups is 2. The summed E-state index contributed by atoms with van der Waals surface area (Å²) < 4.78 is 4.94. The van der Waals surface area contributed by atoms with Gasteiger partial charge < -0.3 is 14.7 Å². The van der Waals surface area contributed by atoms with Gasteiger partial charge in [-0.3, -0.25) is 9.69 Å². The van der Waals surface area contributed by atoms with Gasteiger partial charge in [-0.2, -0.15) is 4.98 Å². The molecule has 1 unspecified atom stereocenters. The summed E-state index contributed by atoms with van der Waals surface area (Å²) >= 11 is 0. The van der Waals surface area contributed by atoms with Crippen molar-refractivity contribution in [3.63, 3.8) is 0 Å². The van der Waals surface area contributed by atoms with E-state index in [9.17, 15) is 9.59 Å². The van der Waals surface area contributed by atoms with Crippen molar-refractivity contribution in [2.24, 2.45) is 0 Å². The Morgan fingerprint density at radius 2 is 2.29 bits per heavy atom. The lowest BCUT2D eigenvalue weighted by Gasteiger charge is -2.20. The van der Waals surface area contributed by atoms with E-state index in [4.69, 9.17) is 4.52 Å². The van der Waals surface area contributed by atoms with Crippen LogP contribution in [0, 0.1) is 6.92 Å². The van der Waals surface area contributed by atoms with Crippen molar-refractivity contribution in [1.29, 1.82) is 0 Å². The number of rotatable bonds is 4. The number of amides is 3. The summed E-state index contributed by atoms with van der Waals surface area (Å²) in [6.45, 7) is 4.15. The molecule has 3 amide bonds. The first-order valence-electron chi connectivity index (χ1n) is 7.23. The molecule has 2 heterocycles. The van der Waals surface area contributed by atoms with Crippen molar-refractivity contribution in [1.82, 2.24) is 25.3 Å². The number of nitrogens with one attached hydrogen (secondary N) is 1. The fourth-order valence-corrected chi connectivity index (χ4v) is 2.45. The second kappa shape index (κ2) is 5.34. The van der Waals surface area contributed by atoms with E-state index in [-0.39, 0.29) is 24.5 Å². The maximum absolute atomic E-state index is 12.3. The molecule has 1 aromatic heterocycles. The van der Waals surface area contributed by atoms with Gasteiger partial charge in [0.05, 0.1) is 12.7 Å². The molecule has 1 saturated heterocycles. The molecular weight excluding hydrogens is 274 g/mol. The topological polar surface area (TPSA) is 91.6 Å². The highest BCUT2D eigenvalue weighted by atomic mass is 16.5. The lowest BCUT2D eigenvalue weighted by atomic mass is 10.2. The maximum Gasteiger partial charge on any atom is 0.319 e. The van der Waals surface area contributed by atoms with Gasteiger partial charge in [-0.15, -0.1) is 0 Å². The molecule has 21 heavy (non-hydrogen) atoms. The first-order chi connectivity index (χ1) is 10.1. The molecule has 1 N–H and O–H groups in total. The predicted molar refractivity (Wildman–Crippen MR) is 72.0 cm³/mol. The van der Waals surface area contributed by atoms with Gasteiger partial charge in [0.15, 0.2) is 5.82 Å². The zero-order valence-electron chi connectivity index (χ0n) is 12.2. The number of hydrogen-bond acceptors (Lipinski definition) is 5. The van der Waals surface area contributed by atoms with Crippen LogP contribution in [0.1, 0.15) is 43.9 Å². The number of aryl methyl sites for hydroxylation is 1. The quantitative estimate of drug-likeness (QED) is 0.886. The van der Waals surface area contributed by atoms with Crippen LogP contribution < -0.4 is 5.32 Å². The first kappa shape index (κ1) is 13.8. The van der Waals surface area contributed by atoms with Crippen LogP contribution in [0.2, 0.25) is 0 Å². The molecule has 114 valence electrons. The summed E-state index contributed by atoms with van der Waals surface area (Å²) in [5.74, 6) is 0.956. The molecule has 1 saturated carbocycles. The van der Waals surface area contributed by atoms with Crippen LogP contribution in [0.3, 0.4) is 0 Å². The maximum atomic E-state index is 12.3. The second-order valence-electron chi connectivity index (χ2n) is 5.52. The van der Waals surface area contributed by atoms with Crippen molar-refractivity contribution < 1.29 is 14.1 Å². The Labute approximate surface area is 122 Å². The van der Waals surface area contributed by atoms with Gasteiger partial charge in [0, 0.05) is 13.0 Å². The molecule has 0 radical (unpaired) electrons. The molecule has 1 aliphatic carbocycles. The number of carbonyl (C=O) groups excluding carboxylic acids is 2. The van der Waals surface area contributed by atoms with Crippen LogP contribution in [0.15, 0.2) is 4.52 Å². The van der Waals surface area contributed by atoms with Gasteiger partial charge in [-0.25, -0.2) is 4.79 Å². The van der Waals surface area contributed by atoms with Gasteiger partial charge in [-0.1, -0.05) is 12.1 Å². The van der Waals surface area contributed by atoms with E-state index in [1.165, 1.54) is 4.90 Å². The van der Waals surface area contributed by atoms with Gasteiger partial charge in [0.25, 0.3) is 0 Å². The van der Waals surface area contributed by atoms with E-state index in [0.29, 0.717) is 30.8 Å². The molecule has 8 heteroatoms. The summed E-state index contributed by atoms with van der Waals surface area (Å²) in [5.41, 5.74) is 0. The monoisotopic (exact) mass is 293 g/mol.